The van der Waals surface area contributed by atoms with E-state index in [2.05, 4.69) is 10.3 Å². The number of H-pyrrole nitrogens is 1. The first-order chi connectivity index (χ1) is 10.5. The van der Waals surface area contributed by atoms with Crippen LogP contribution in [0, 0.1) is 15.8 Å². The molecule has 116 valence electrons. The van der Waals surface area contributed by atoms with Gasteiger partial charge in [-0.2, -0.15) is 0 Å². The zero-order chi connectivity index (χ0) is 15.7. The second-order valence-electron chi connectivity index (χ2n) is 5.53. The number of hydrogen-bond acceptors (Lipinski definition) is 5. The van der Waals surface area contributed by atoms with Crippen LogP contribution in [0.4, 0.5) is 5.69 Å². The summed E-state index contributed by atoms with van der Waals surface area (Å²) in [5, 5.41) is 14.0. The van der Waals surface area contributed by atoms with Crippen LogP contribution in [0.2, 0.25) is 0 Å². The molecule has 0 aliphatic heterocycles. The van der Waals surface area contributed by atoms with E-state index >= 15 is 0 Å². The quantitative estimate of drug-likeness (QED) is 0.844. The molecular weight excluding hydrogens is 320 g/mol. The van der Waals surface area contributed by atoms with Crippen LogP contribution >= 0.6 is 23.6 Å². The van der Waals surface area contributed by atoms with Crippen molar-refractivity contribution < 1.29 is 14.7 Å². The number of rotatable bonds is 3. The summed E-state index contributed by atoms with van der Waals surface area (Å²) in [5.74, 6) is -2.57. The lowest BCUT2D eigenvalue weighted by molar-refractivity contribution is -0.313. The summed E-state index contributed by atoms with van der Waals surface area (Å²) >= 11 is 6.53. The van der Waals surface area contributed by atoms with Gasteiger partial charge < -0.3 is 20.2 Å². The Bertz CT molecular complexity index is 780. The minimum atomic E-state index is -1.13. The Morgan fingerprint density at radius 1 is 1.27 bits per heavy atom. The van der Waals surface area contributed by atoms with Gasteiger partial charge in [0.2, 0.25) is 5.91 Å². The van der Waals surface area contributed by atoms with Crippen molar-refractivity contribution in [3.05, 3.63) is 22.2 Å². The Labute approximate surface area is 136 Å². The first-order valence-corrected chi connectivity index (χ1v) is 8.41. The molecule has 1 fully saturated rings. The maximum absolute atomic E-state index is 12.4. The van der Waals surface area contributed by atoms with Crippen molar-refractivity contribution >= 4 is 51.3 Å². The number of carboxylic acids is 1. The molecule has 0 radical (unpaired) electrons. The summed E-state index contributed by atoms with van der Waals surface area (Å²) in [4.78, 5) is 26.6. The van der Waals surface area contributed by atoms with Crippen LogP contribution in [-0.2, 0) is 9.59 Å². The Balaban J connectivity index is 1.79. The summed E-state index contributed by atoms with van der Waals surface area (Å²) in [6.45, 7) is 0. The third kappa shape index (κ3) is 3.05. The molecule has 2 N–H and O–H groups in total. The summed E-state index contributed by atoms with van der Waals surface area (Å²) in [6, 6.07) is 5.49. The number of aromatic nitrogens is 1. The van der Waals surface area contributed by atoms with Crippen molar-refractivity contribution in [2.24, 2.45) is 11.8 Å². The van der Waals surface area contributed by atoms with Gasteiger partial charge in [-0.25, -0.2) is 0 Å². The van der Waals surface area contributed by atoms with E-state index in [0.717, 1.165) is 23.1 Å². The Kier molecular flexibility index (Phi) is 4.26. The molecule has 2 aromatic rings. The van der Waals surface area contributed by atoms with E-state index in [1.54, 1.807) is 6.07 Å². The second kappa shape index (κ2) is 6.18. The van der Waals surface area contributed by atoms with E-state index in [1.165, 1.54) is 11.3 Å². The Morgan fingerprint density at radius 3 is 2.73 bits per heavy atom. The predicted octanol–water partition coefficient (Wildman–Crippen LogP) is 2.45. The van der Waals surface area contributed by atoms with Gasteiger partial charge in [-0.15, -0.1) is 11.3 Å². The molecule has 1 aromatic carbocycles. The highest BCUT2D eigenvalue weighted by atomic mass is 32.1. The standard InChI is InChI=1S/C15H16N2O3S2/c18-13(9-3-1-2-4-10(9)14(19)20)16-8-5-6-11-12(7-8)22-15(21)17-11/h5-7,9-10H,1-4H2,(H,16,18)(H,17,21)(H,19,20)/p-1/t9-,10+/m1/s1. The van der Waals surface area contributed by atoms with Crippen LogP contribution in [0.3, 0.4) is 0 Å². The smallest absolute Gasteiger partial charge is 0.228 e. The van der Waals surface area contributed by atoms with Gasteiger partial charge >= 0.3 is 0 Å². The average molecular weight is 335 g/mol. The molecule has 0 unspecified atom stereocenters. The molecule has 1 aliphatic carbocycles. The van der Waals surface area contributed by atoms with E-state index in [9.17, 15) is 14.7 Å². The van der Waals surface area contributed by atoms with Crippen molar-refractivity contribution in [3.8, 4) is 0 Å². The molecule has 5 nitrogen and oxygen atoms in total. The fourth-order valence-electron chi connectivity index (χ4n) is 2.98. The molecule has 1 saturated carbocycles. The van der Waals surface area contributed by atoms with Crippen LogP contribution in [0.25, 0.3) is 10.2 Å². The number of benzene rings is 1. The molecule has 0 bridgehead atoms. The summed E-state index contributed by atoms with van der Waals surface area (Å²) in [6.07, 6.45) is 2.82. The van der Waals surface area contributed by atoms with Crippen molar-refractivity contribution in [2.75, 3.05) is 5.32 Å². The average Bonchev–Trinajstić information content (AvgIpc) is 2.86. The fraction of sp³-hybridized carbons (Fsp3) is 0.400. The Hall–Kier alpha value is -1.73. The highest BCUT2D eigenvalue weighted by molar-refractivity contribution is 7.73. The molecule has 1 aliphatic rings. The number of carbonyl (C=O) groups excluding carboxylic acids is 2. The van der Waals surface area contributed by atoms with Crippen molar-refractivity contribution in [3.63, 3.8) is 0 Å². The number of carboxylic acid groups (broad SMARTS) is 1. The maximum atomic E-state index is 12.4. The van der Waals surface area contributed by atoms with Gasteiger partial charge in [-0.05, 0) is 43.3 Å². The maximum Gasteiger partial charge on any atom is 0.228 e. The van der Waals surface area contributed by atoms with Crippen LogP contribution in [-0.4, -0.2) is 16.9 Å². The van der Waals surface area contributed by atoms with Crippen LogP contribution in [0.1, 0.15) is 25.7 Å². The summed E-state index contributed by atoms with van der Waals surface area (Å²) in [7, 11) is 0. The molecule has 1 amide bonds. The van der Waals surface area contributed by atoms with Gasteiger partial charge in [0.25, 0.3) is 0 Å². The van der Waals surface area contributed by atoms with Gasteiger partial charge in [-0.3, -0.25) is 4.79 Å². The highest BCUT2D eigenvalue weighted by Gasteiger charge is 2.31. The molecule has 3 rings (SSSR count). The number of carbonyl (C=O) groups is 2. The molecule has 7 heteroatoms. The molecule has 22 heavy (non-hydrogen) atoms. The van der Waals surface area contributed by atoms with Gasteiger partial charge in [0.15, 0.2) is 3.95 Å². The molecule has 1 aromatic heterocycles. The molecule has 2 atom stereocenters. The number of hydrogen-bond donors (Lipinski definition) is 2. The lowest BCUT2D eigenvalue weighted by Crippen LogP contribution is -2.42. The molecule has 0 spiro atoms. The summed E-state index contributed by atoms with van der Waals surface area (Å²) < 4.78 is 1.64. The van der Waals surface area contributed by atoms with Crippen LogP contribution in [0.5, 0.6) is 0 Å². The van der Waals surface area contributed by atoms with Gasteiger partial charge in [-0.1, -0.05) is 12.8 Å². The molecule has 1 heterocycles. The third-order valence-corrected chi connectivity index (χ3v) is 5.29. The number of aromatic amines is 1. The first kappa shape index (κ1) is 15.2. The zero-order valence-corrected chi connectivity index (χ0v) is 13.4. The molecular formula is C15H15N2O3S2-. The zero-order valence-electron chi connectivity index (χ0n) is 11.8. The van der Waals surface area contributed by atoms with E-state index in [4.69, 9.17) is 12.2 Å². The van der Waals surface area contributed by atoms with Gasteiger partial charge in [0, 0.05) is 23.5 Å². The van der Waals surface area contributed by atoms with Crippen molar-refractivity contribution in [2.45, 2.75) is 25.7 Å². The van der Waals surface area contributed by atoms with Crippen molar-refractivity contribution in [1.29, 1.82) is 0 Å². The SMILES string of the molecule is O=C([O-])[C@H]1CCCC[C@H]1C(=O)Nc1ccc2[nH]c(=S)sc2c1. The Morgan fingerprint density at radius 2 is 2.00 bits per heavy atom. The number of fused-ring (bicyclic) bond motifs is 1. The van der Waals surface area contributed by atoms with E-state index < -0.39 is 17.8 Å². The molecule has 0 saturated heterocycles. The minimum Gasteiger partial charge on any atom is -0.550 e. The first-order valence-electron chi connectivity index (χ1n) is 7.19. The number of thiazole rings is 1. The largest absolute Gasteiger partial charge is 0.550 e. The van der Waals surface area contributed by atoms with Crippen molar-refractivity contribution in [1.82, 2.24) is 4.98 Å². The van der Waals surface area contributed by atoms with E-state index in [0.29, 0.717) is 22.5 Å². The normalized spacial score (nSPS) is 21.6. The predicted molar refractivity (Wildman–Crippen MR) is 86.1 cm³/mol. The minimum absolute atomic E-state index is 0.243. The van der Waals surface area contributed by atoms with Crippen LogP contribution in [0.15, 0.2) is 18.2 Å². The lowest BCUT2D eigenvalue weighted by atomic mass is 9.78. The number of amides is 1. The number of nitrogens with one attached hydrogen (secondary N) is 2. The summed E-state index contributed by atoms with van der Waals surface area (Å²) in [5.41, 5.74) is 1.59. The second-order valence-corrected chi connectivity index (χ2v) is 7.25. The number of anilines is 1. The monoisotopic (exact) mass is 335 g/mol. The lowest BCUT2D eigenvalue weighted by Gasteiger charge is -2.31. The van der Waals surface area contributed by atoms with E-state index in [1.807, 2.05) is 12.1 Å². The third-order valence-electron chi connectivity index (χ3n) is 4.09. The highest BCUT2D eigenvalue weighted by Crippen LogP contribution is 2.31. The fourth-order valence-corrected chi connectivity index (χ4v) is 4.14. The van der Waals surface area contributed by atoms with Gasteiger partial charge in [0.05, 0.1) is 10.2 Å². The topological polar surface area (TPSA) is 85.0 Å². The number of aliphatic carboxylic acids is 1. The van der Waals surface area contributed by atoms with Gasteiger partial charge in [0.1, 0.15) is 0 Å². The van der Waals surface area contributed by atoms with E-state index in [-0.39, 0.29) is 5.91 Å². The van der Waals surface area contributed by atoms with Crippen LogP contribution < -0.4 is 10.4 Å².